The van der Waals surface area contributed by atoms with Gasteiger partial charge in [0, 0.05) is 23.7 Å². The van der Waals surface area contributed by atoms with E-state index in [9.17, 15) is 8.42 Å². The van der Waals surface area contributed by atoms with Crippen LogP contribution in [0.25, 0.3) is 0 Å². The molecule has 0 saturated carbocycles. The number of halogens is 1. The van der Waals surface area contributed by atoms with Crippen LogP contribution in [0.5, 0.6) is 5.75 Å². The highest BCUT2D eigenvalue weighted by Gasteiger charge is 2.23. The molecule has 0 aromatic heterocycles. The highest BCUT2D eigenvalue weighted by molar-refractivity contribution is 7.89. The Labute approximate surface area is 131 Å². The molecule has 120 valence electrons. The van der Waals surface area contributed by atoms with Gasteiger partial charge in [-0.3, -0.25) is 0 Å². The molecular weight excluding hydrogens is 312 g/mol. The monoisotopic (exact) mass is 334 g/mol. The second kappa shape index (κ2) is 7.98. The predicted molar refractivity (Wildman–Crippen MR) is 85.2 cm³/mol. The second-order valence-corrected chi connectivity index (χ2v) is 7.01. The van der Waals surface area contributed by atoms with Gasteiger partial charge in [-0.25, -0.2) is 13.1 Å². The first-order valence-corrected chi connectivity index (χ1v) is 8.81. The fourth-order valence-electron chi connectivity index (χ4n) is 2.09. The number of ether oxygens (including phenoxy) is 1. The summed E-state index contributed by atoms with van der Waals surface area (Å²) in [5.74, 6) is 0.554. The largest absolute Gasteiger partial charge is 0.495 e. The zero-order valence-corrected chi connectivity index (χ0v) is 14.2. The van der Waals surface area contributed by atoms with Gasteiger partial charge in [0.15, 0.2) is 0 Å². The van der Waals surface area contributed by atoms with Crippen LogP contribution in [0.2, 0.25) is 5.02 Å². The number of hydrogen-bond donors (Lipinski definition) is 2. The summed E-state index contributed by atoms with van der Waals surface area (Å²) < 4.78 is 32.8. The molecular formula is C14H23ClN2O3S. The summed E-state index contributed by atoms with van der Waals surface area (Å²) in [4.78, 5) is 0.0314. The fourth-order valence-corrected chi connectivity index (χ4v) is 3.75. The Kier molecular flexibility index (Phi) is 6.93. The molecule has 5 nitrogen and oxygen atoms in total. The highest BCUT2D eigenvalue weighted by atomic mass is 35.5. The predicted octanol–water partition coefficient (Wildman–Crippen LogP) is 2.52. The number of methoxy groups -OCH3 is 1. The van der Waals surface area contributed by atoms with Crippen LogP contribution in [0.1, 0.15) is 32.3 Å². The number of rotatable bonds is 8. The summed E-state index contributed by atoms with van der Waals surface area (Å²) in [6.07, 6.45) is 1.83. The van der Waals surface area contributed by atoms with Crippen molar-refractivity contribution in [2.45, 2.75) is 38.1 Å². The third kappa shape index (κ3) is 4.57. The zero-order chi connectivity index (χ0) is 16.0. The molecule has 0 aliphatic carbocycles. The number of nitrogens with one attached hydrogen (secondary N) is 1. The van der Waals surface area contributed by atoms with Gasteiger partial charge < -0.3 is 10.5 Å². The van der Waals surface area contributed by atoms with Crippen molar-refractivity contribution in [3.8, 4) is 5.75 Å². The van der Waals surface area contributed by atoms with Gasteiger partial charge in [-0.1, -0.05) is 38.3 Å². The van der Waals surface area contributed by atoms with Crippen molar-refractivity contribution in [2.24, 2.45) is 11.7 Å². The van der Waals surface area contributed by atoms with Gasteiger partial charge in [0.2, 0.25) is 10.0 Å². The van der Waals surface area contributed by atoms with Gasteiger partial charge in [0.25, 0.3) is 0 Å². The van der Waals surface area contributed by atoms with E-state index in [1.54, 1.807) is 6.07 Å². The normalized spacial score (nSPS) is 11.9. The molecule has 1 aromatic carbocycles. The van der Waals surface area contributed by atoms with Crippen molar-refractivity contribution >= 4 is 21.6 Å². The van der Waals surface area contributed by atoms with Crippen LogP contribution in [0.4, 0.5) is 0 Å². The van der Waals surface area contributed by atoms with Gasteiger partial charge in [0.1, 0.15) is 10.6 Å². The number of nitrogens with two attached hydrogens (primary N) is 1. The minimum Gasteiger partial charge on any atom is -0.495 e. The molecule has 1 rings (SSSR count). The molecule has 0 aliphatic heterocycles. The van der Waals surface area contributed by atoms with Crippen molar-refractivity contribution in [1.82, 2.24) is 4.72 Å². The van der Waals surface area contributed by atoms with Crippen LogP contribution < -0.4 is 15.2 Å². The molecule has 0 unspecified atom stereocenters. The van der Waals surface area contributed by atoms with Gasteiger partial charge in [-0.2, -0.15) is 0 Å². The molecule has 0 aliphatic rings. The lowest BCUT2D eigenvalue weighted by Crippen LogP contribution is -2.29. The van der Waals surface area contributed by atoms with E-state index in [0.29, 0.717) is 23.0 Å². The minimum atomic E-state index is -3.69. The molecule has 0 radical (unpaired) electrons. The Morgan fingerprint density at radius 3 is 2.43 bits per heavy atom. The molecule has 21 heavy (non-hydrogen) atoms. The van der Waals surface area contributed by atoms with E-state index in [-0.39, 0.29) is 17.2 Å². The first-order valence-electron chi connectivity index (χ1n) is 6.95. The Hall–Kier alpha value is -0.820. The van der Waals surface area contributed by atoms with Crippen LogP contribution in [0, 0.1) is 5.92 Å². The maximum atomic E-state index is 12.5. The van der Waals surface area contributed by atoms with E-state index in [1.807, 2.05) is 13.8 Å². The lowest BCUT2D eigenvalue weighted by atomic mass is 10.0. The molecule has 0 amide bonds. The molecule has 0 fully saturated rings. The molecule has 1 aromatic rings. The number of benzene rings is 1. The van der Waals surface area contributed by atoms with Crippen molar-refractivity contribution in [3.05, 3.63) is 22.7 Å². The second-order valence-electron chi connectivity index (χ2n) is 4.83. The Morgan fingerprint density at radius 2 is 1.95 bits per heavy atom. The molecule has 7 heteroatoms. The molecule has 0 saturated heterocycles. The van der Waals surface area contributed by atoms with Gasteiger partial charge >= 0.3 is 0 Å². The molecule has 0 heterocycles. The minimum absolute atomic E-state index is 0.0314. The third-order valence-corrected chi connectivity index (χ3v) is 5.17. The van der Waals surface area contributed by atoms with E-state index in [0.717, 1.165) is 12.8 Å². The van der Waals surface area contributed by atoms with Crippen molar-refractivity contribution < 1.29 is 13.2 Å². The Morgan fingerprint density at radius 1 is 1.33 bits per heavy atom. The van der Waals surface area contributed by atoms with E-state index < -0.39 is 10.0 Å². The van der Waals surface area contributed by atoms with E-state index in [2.05, 4.69) is 4.72 Å². The van der Waals surface area contributed by atoms with E-state index in [4.69, 9.17) is 22.1 Å². The van der Waals surface area contributed by atoms with Gasteiger partial charge in [0.05, 0.1) is 7.11 Å². The molecule has 0 atom stereocenters. The summed E-state index contributed by atoms with van der Waals surface area (Å²) in [6, 6.07) is 3.00. The number of sulfonamides is 1. The topological polar surface area (TPSA) is 81.4 Å². The third-order valence-electron chi connectivity index (χ3n) is 3.53. The van der Waals surface area contributed by atoms with Gasteiger partial charge in [-0.05, 0) is 18.1 Å². The van der Waals surface area contributed by atoms with Crippen molar-refractivity contribution in [2.75, 3.05) is 13.7 Å². The molecule has 0 bridgehead atoms. The molecule has 0 spiro atoms. The summed E-state index contributed by atoms with van der Waals surface area (Å²) >= 11 is 5.98. The maximum absolute atomic E-state index is 12.5. The lowest BCUT2D eigenvalue weighted by molar-refractivity contribution is 0.396. The van der Waals surface area contributed by atoms with Gasteiger partial charge in [-0.15, -0.1) is 0 Å². The zero-order valence-electron chi connectivity index (χ0n) is 12.6. The van der Waals surface area contributed by atoms with Crippen LogP contribution in [0.15, 0.2) is 17.0 Å². The standard InChI is InChI=1S/C14H23ClN2O3S/c1-4-10(5-2)9-17-21(18,19)13-7-12(15)6-11(8-16)14(13)20-3/h6-7,10,17H,4-5,8-9,16H2,1-3H3. The maximum Gasteiger partial charge on any atom is 0.244 e. The van der Waals surface area contributed by atoms with Crippen LogP contribution in [-0.4, -0.2) is 22.1 Å². The summed E-state index contributed by atoms with van der Waals surface area (Å²) in [6.45, 7) is 4.62. The van der Waals surface area contributed by atoms with Crippen molar-refractivity contribution in [1.29, 1.82) is 0 Å². The molecule has 3 N–H and O–H groups in total. The quantitative estimate of drug-likeness (QED) is 0.765. The van der Waals surface area contributed by atoms with E-state index >= 15 is 0 Å². The smallest absolute Gasteiger partial charge is 0.244 e. The SMILES string of the molecule is CCC(CC)CNS(=O)(=O)c1cc(Cl)cc(CN)c1OC. The average Bonchev–Trinajstić information content (AvgIpc) is 2.47. The average molecular weight is 335 g/mol. The summed E-state index contributed by atoms with van der Waals surface area (Å²) in [5, 5.41) is 0.319. The Bertz CT molecular complexity index is 572. The fraction of sp³-hybridized carbons (Fsp3) is 0.571. The van der Waals surface area contributed by atoms with Crippen molar-refractivity contribution in [3.63, 3.8) is 0 Å². The van der Waals surface area contributed by atoms with Crippen LogP contribution in [0.3, 0.4) is 0 Å². The summed E-state index contributed by atoms with van der Waals surface area (Å²) in [7, 11) is -2.27. The lowest BCUT2D eigenvalue weighted by Gasteiger charge is -2.17. The van der Waals surface area contributed by atoms with E-state index in [1.165, 1.54) is 13.2 Å². The Balaban J connectivity index is 3.15. The first kappa shape index (κ1) is 18.2. The highest BCUT2D eigenvalue weighted by Crippen LogP contribution is 2.31. The number of hydrogen-bond acceptors (Lipinski definition) is 4. The van der Waals surface area contributed by atoms with Crippen LogP contribution in [-0.2, 0) is 16.6 Å². The van der Waals surface area contributed by atoms with Crippen LogP contribution >= 0.6 is 11.6 Å². The summed E-state index contributed by atoms with van der Waals surface area (Å²) in [5.41, 5.74) is 6.18. The first-order chi connectivity index (χ1) is 9.89.